The van der Waals surface area contributed by atoms with E-state index < -0.39 is 12.5 Å². The first-order valence-corrected chi connectivity index (χ1v) is 10.8. The number of methoxy groups -OCH3 is 1. The fraction of sp³-hybridized carbons (Fsp3) is 0.222. The molecule has 5 nitrogen and oxygen atoms in total. The molecule has 0 bridgehead atoms. The second-order valence-electron chi connectivity index (χ2n) is 7.56. The normalized spacial score (nSPS) is 11.3. The van der Waals surface area contributed by atoms with Gasteiger partial charge >= 0.3 is 6.61 Å². The number of carbonyl (C=O) groups is 1. The van der Waals surface area contributed by atoms with Gasteiger partial charge in [-0.2, -0.15) is 8.78 Å². The van der Waals surface area contributed by atoms with Crippen molar-refractivity contribution >= 4 is 11.5 Å². The Hall–Kier alpha value is -3.87. The SMILES string of the molecule is COc1cc(CCNC(=O)C(=COC(F)F)c2ccc(C)cc2)ccc1OCc1ccccc1. The van der Waals surface area contributed by atoms with Gasteiger partial charge in [-0.25, -0.2) is 0 Å². The summed E-state index contributed by atoms with van der Waals surface area (Å²) in [5.74, 6) is 0.706. The Morgan fingerprint density at radius 3 is 2.38 bits per heavy atom. The van der Waals surface area contributed by atoms with Crippen molar-refractivity contribution in [3.63, 3.8) is 0 Å². The zero-order chi connectivity index (χ0) is 24.3. The first-order chi connectivity index (χ1) is 16.5. The van der Waals surface area contributed by atoms with E-state index in [1.54, 1.807) is 31.4 Å². The summed E-state index contributed by atoms with van der Waals surface area (Å²) in [6.45, 7) is -0.399. The van der Waals surface area contributed by atoms with Crippen LogP contribution in [0.15, 0.2) is 79.1 Å². The molecule has 0 heterocycles. The van der Waals surface area contributed by atoms with Gasteiger partial charge in [-0.3, -0.25) is 4.79 Å². The standard InChI is InChI=1S/C27H27F2NO4/c1-19-8-11-22(12-9-19)23(18-34-27(28)29)26(31)30-15-14-20-10-13-24(25(16-20)32-2)33-17-21-6-4-3-5-7-21/h3-13,16,18,27H,14-15,17H2,1-2H3,(H,30,31). The molecule has 3 aromatic carbocycles. The van der Waals surface area contributed by atoms with Gasteiger partial charge in [0, 0.05) is 6.54 Å². The van der Waals surface area contributed by atoms with Gasteiger partial charge in [-0.15, -0.1) is 0 Å². The van der Waals surface area contributed by atoms with Crippen LogP contribution in [0.25, 0.3) is 5.57 Å². The smallest absolute Gasteiger partial charge is 0.386 e. The Labute approximate surface area is 198 Å². The number of hydrogen-bond donors (Lipinski definition) is 1. The van der Waals surface area contributed by atoms with Gasteiger partial charge in [0.1, 0.15) is 12.9 Å². The lowest BCUT2D eigenvalue weighted by molar-refractivity contribution is -0.116. The van der Waals surface area contributed by atoms with Gasteiger partial charge < -0.3 is 19.5 Å². The number of nitrogens with one attached hydrogen (secondary N) is 1. The Balaban J connectivity index is 1.60. The van der Waals surface area contributed by atoms with E-state index in [1.165, 1.54) is 0 Å². The number of rotatable bonds is 11. The summed E-state index contributed by atoms with van der Waals surface area (Å²) in [5, 5.41) is 2.76. The predicted octanol–water partition coefficient (Wildman–Crippen LogP) is 5.52. The van der Waals surface area contributed by atoms with Crippen LogP contribution in [0.4, 0.5) is 8.78 Å². The minimum Gasteiger partial charge on any atom is -0.493 e. The molecule has 3 aromatic rings. The molecule has 178 valence electrons. The largest absolute Gasteiger partial charge is 0.493 e. The maximum absolute atomic E-state index is 12.7. The monoisotopic (exact) mass is 467 g/mol. The first-order valence-electron chi connectivity index (χ1n) is 10.8. The summed E-state index contributed by atoms with van der Waals surface area (Å²) >= 11 is 0. The zero-order valence-corrected chi connectivity index (χ0v) is 19.1. The van der Waals surface area contributed by atoms with Crippen molar-refractivity contribution in [2.75, 3.05) is 13.7 Å². The molecule has 1 amide bonds. The zero-order valence-electron chi connectivity index (χ0n) is 19.1. The number of carbonyl (C=O) groups excluding carboxylic acids is 1. The third kappa shape index (κ3) is 7.33. The second kappa shape index (κ2) is 12.4. The van der Waals surface area contributed by atoms with Crippen LogP contribution in [-0.4, -0.2) is 26.2 Å². The molecule has 0 saturated heterocycles. The molecule has 0 aromatic heterocycles. The molecule has 7 heteroatoms. The molecule has 0 unspecified atom stereocenters. The maximum Gasteiger partial charge on any atom is 0.386 e. The Morgan fingerprint density at radius 2 is 1.71 bits per heavy atom. The summed E-state index contributed by atoms with van der Waals surface area (Å²) in [6, 6.07) is 22.4. The Morgan fingerprint density at radius 1 is 0.971 bits per heavy atom. The second-order valence-corrected chi connectivity index (χ2v) is 7.56. The number of benzene rings is 3. The summed E-state index contributed by atoms with van der Waals surface area (Å²) in [7, 11) is 1.57. The molecule has 0 atom stereocenters. The number of aryl methyl sites for hydroxylation is 1. The lowest BCUT2D eigenvalue weighted by atomic mass is 10.0. The summed E-state index contributed by atoms with van der Waals surface area (Å²) in [4.78, 5) is 12.7. The first kappa shape index (κ1) is 24.8. The highest BCUT2D eigenvalue weighted by Crippen LogP contribution is 2.29. The number of amides is 1. The molecule has 0 aliphatic rings. The van der Waals surface area contributed by atoms with Crippen LogP contribution in [0.5, 0.6) is 11.5 Å². The molecular weight excluding hydrogens is 440 g/mol. The average Bonchev–Trinajstić information content (AvgIpc) is 2.84. The Bertz CT molecular complexity index is 1100. The lowest BCUT2D eigenvalue weighted by Gasteiger charge is -2.13. The molecule has 0 aliphatic heterocycles. The molecule has 0 fully saturated rings. The molecular formula is C27H27F2NO4. The van der Waals surface area contributed by atoms with E-state index in [0.717, 1.165) is 23.0 Å². The molecule has 0 aliphatic carbocycles. The quantitative estimate of drug-likeness (QED) is 0.298. The van der Waals surface area contributed by atoms with E-state index in [-0.39, 0.29) is 5.57 Å². The van der Waals surface area contributed by atoms with E-state index in [4.69, 9.17) is 9.47 Å². The summed E-state index contributed by atoms with van der Waals surface area (Å²) < 4.78 is 40.7. The van der Waals surface area contributed by atoms with Crippen LogP contribution < -0.4 is 14.8 Å². The highest BCUT2D eigenvalue weighted by molar-refractivity contribution is 6.19. The number of alkyl halides is 2. The van der Waals surface area contributed by atoms with Gasteiger partial charge in [0.05, 0.1) is 12.7 Å². The van der Waals surface area contributed by atoms with Crippen LogP contribution in [-0.2, 0) is 22.6 Å². The maximum atomic E-state index is 12.7. The van der Waals surface area contributed by atoms with Gasteiger partial charge in [0.15, 0.2) is 11.5 Å². The van der Waals surface area contributed by atoms with Crippen molar-refractivity contribution in [2.24, 2.45) is 0 Å². The molecule has 0 spiro atoms. The molecule has 3 rings (SSSR count). The minimum atomic E-state index is -3.01. The van der Waals surface area contributed by atoms with Crippen molar-refractivity contribution in [3.05, 3.63) is 101 Å². The van der Waals surface area contributed by atoms with Crippen molar-refractivity contribution in [3.8, 4) is 11.5 Å². The summed E-state index contributed by atoms with van der Waals surface area (Å²) in [5.41, 5.74) is 3.48. The third-order valence-electron chi connectivity index (χ3n) is 5.06. The number of ether oxygens (including phenoxy) is 3. The number of hydrogen-bond acceptors (Lipinski definition) is 4. The van der Waals surface area contributed by atoms with E-state index in [2.05, 4.69) is 10.1 Å². The van der Waals surface area contributed by atoms with E-state index in [0.29, 0.717) is 36.6 Å². The average molecular weight is 468 g/mol. The summed E-state index contributed by atoms with van der Waals surface area (Å²) in [6.07, 6.45) is 1.31. The lowest BCUT2D eigenvalue weighted by Crippen LogP contribution is -2.27. The van der Waals surface area contributed by atoms with Crippen LogP contribution >= 0.6 is 0 Å². The van der Waals surface area contributed by atoms with Crippen molar-refractivity contribution in [2.45, 2.75) is 26.6 Å². The minimum absolute atomic E-state index is 0.0301. The predicted molar refractivity (Wildman–Crippen MR) is 127 cm³/mol. The van der Waals surface area contributed by atoms with Crippen LogP contribution in [0.1, 0.15) is 22.3 Å². The van der Waals surface area contributed by atoms with Crippen molar-refractivity contribution in [1.29, 1.82) is 0 Å². The van der Waals surface area contributed by atoms with Gasteiger partial charge in [-0.05, 0) is 42.2 Å². The van der Waals surface area contributed by atoms with Crippen LogP contribution in [0, 0.1) is 6.92 Å². The molecule has 0 radical (unpaired) electrons. The van der Waals surface area contributed by atoms with Gasteiger partial charge in [0.25, 0.3) is 5.91 Å². The fourth-order valence-electron chi connectivity index (χ4n) is 3.24. The molecule has 34 heavy (non-hydrogen) atoms. The number of halogens is 2. The Kier molecular flexibility index (Phi) is 9.03. The van der Waals surface area contributed by atoms with Crippen LogP contribution in [0.3, 0.4) is 0 Å². The highest BCUT2D eigenvalue weighted by atomic mass is 19.3. The molecule has 1 N–H and O–H groups in total. The fourth-order valence-corrected chi connectivity index (χ4v) is 3.24. The van der Waals surface area contributed by atoms with Gasteiger partial charge in [0.2, 0.25) is 0 Å². The highest BCUT2D eigenvalue weighted by Gasteiger charge is 2.14. The van der Waals surface area contributed by atoms with Crippen molar-refractivity contribution < 1.29 is 27.8 Å². The van der Waals surface area contributed by atoms with Gasteiger partial charge in [-0.1, -0.05) is 66.2 Å². The van der Waals surface area contributed by atoms with Crippen molar-refractivity contribution in [1.82, 2.24) is 5.32 Å². The van der Waals surface area contributed by atoms with E-state index in [9.17, 15) is 13.6 Å². The third-order valence-corrected chi connectivity index (χ3v) is 5.06. The van der Waals surface area contributed by atoms with E-state index in [1.807, 2.05) is 55.5 Å². The van der Waals surface area contributed by atoms with Crippen LogP contribution in [0.2, 0.25) is 0 Å². The topological polar surface area (TPSA) is 56.8 Å². The molecule has 0 saturated carbocycles. The van der Waals surface area contributed by atoms with E-state index >= 15 is 0 Å².